The van der Waals surface area contributed by atoms with Crippen molar-refractivity contribution in [3.63, 3.8) is 0 Å². The molecule has 2 unspecified atom stereocenters. The molecule has 0 saturated heterocycles. The van der Waals surface area contributed by atoms with Crippen LogP contribution in [-0.2, 0) is 9.59 Å². The molecule has 0 aliphatic heterocycles. The summed E-state index contributed by atoms with van der Waals surface area (Å²) in [5, 5.41) is 8.98. The second-order valence-electron chi connectivity index (χ2n) is 5.86. The van der Waals surface area contributed by atoms with Gasteiger partial charge in [-0.15, -0.1) is 0 Å². The van der Waals surface area contributed by atoms with Crippen LogP contribution < -0.4 is 0 Å². The van der Waals surface area contributed by atoms with Gasteiger partial charge in [-0.05, 0) is 25.2 Å². The Hall–Kier alpha value is -1.06. The first-order chi connectivity index (χ1) is 8.34. The minimum absolute atomic E-state index is 0.00745. The number of carbonyl (C=O) groups excluding carboxylic acids is 1. The van der Waals surface area contributed by atoms with E-state index in [9.17, 15) is 9.59 Å². The predicted octanol–water partition coefficient (Wildman–Crippen LogP) is 2.38. The molecular formula is C14H25NO3. The Kier molecular flexibility index (Phi) is 5.17. The van der Waals surface area contributed by atoms with E-state index in [0.717, 1.165) is 25.8 Å². The quantitative estimate of drug-likeness (QED) is 0.760. The molecule has 1 fully saturated rings. The molecule has 4 heteroatoms. The third kappa shape index (κ3) is 4.00. The molecule has 1 amide bonds. The molecule has 2 atom stereocenters. The van der Waals surface area contributed by atoms with E-state index in [1.807, 2.05) is 4.90 Å². The zero-order valence-corrected chi connectivity index (χ0v) is 11.8. The van der Waals surface area contributed by atoms with Crippen LogP contribution in [0.1, 0.15) is 47.0 Å². The van der Waals surface area contributed by atoms with Gasteiger partial charge < -0.3 is 10.0 Å². The standard InChI is InChI=1S/C14H25NO3/c1-9(2)7-8-15(12-5-6-12)13(16)10(3)11(4)14(17)18/h9-12H,5-8H2,1-4H3,(H,17,18). The molecule has 0 aromatic heterocycles. The van der Waals surface area contributed by atoms with Gasteiger partial charge in [-0.1, -0.05) is 27.7 Å². The Morgan fingerprint density at radius 3 is 2.11 bits per heavy atom. The molecule has 0 bridgehead atoms. The summed E-state index contributed by atoms with van der Waals surface area (Å²) in [7, 11) is 0. The first-order valence-electron chi connectivity index (χ1n) is 6.87. The molecule has 1 N–H and O–H groups in total. The number of aliphatic carboxylic acids is 1. The van der Waals surface area contributed by atoms with Crippen LogP contribution in [0, 0.1) is 17.8 Å². The lowest BCUT2D eigenvalue weighted by Gasteiger charge is -2.28. The van der Waals surface area contributed by atoms with Gasteiger partial charge in [0, 0.05) is 18.5 Å². The van der Waals surface area contributed by atoms with Gasteiger partial charge in [0.2, 0.25) is 5.91 Å². The average molecular weight is 255 g/mol. The number of nitrogens with zero attached hydrogens (tertiary/aromatic N) is 1. The predicted molar refractivity (Wildman–Crippen MR) is 70.2 cm³/mol. The monoisotopic (exact) mass is 255 g/mol. The van der Waals surface area contributed by atoms with Gasteiger partial charge in [-0.3, -0.25) is 9.59 Å². The summed E-state index contributed by atoms with van der Waals surface area (Å²) in [6.07, 6.45) is 3.12. The van der Waals surface area contributed by atoms with Crippen molar-refractivity contribution in [2.24, 2.45) is 17.8 Å². The summed E-state index contributed by atoms with van der Waals surface area (Å²) >= 11 is 0. The van der Waals surface area contributed by atoms with Gasteiger partial charge in [0.1, 0.15) is 0 Å². The zero-order chi connectivity index (χ0) is 13.9. The highest BCUT2D eigenvalue weighted by Gasteiger charge is 2.37. The zero-order valence-electron chi connectivity index (χ0n) is 11.8. The first kappa shape index (κ1) is 15.0. The maximum absolute atomic E-state index is 12.3. The van der Waals surface area contributed by atoms with Gasteiger partial charge in [0.05, 0.1) is 5.92 Å². The third-order valence-corrected chi connectivity index (χ3v) is 3.75. The van der Waals surface area contributed by atoms with Crippen LogP contribution in [0.15, 0.2) is 0 Å². The van der Waals surface area contributed by atoms with Gasteiger partial charge in [-0.2, -0.15) is 0 Å². The van der Waals surface area contributed by atoms with Crippen molar-refractivity contribution in [3.05, 3.63) is 0 Å². The molecule has 0 heterocycles. The number of hydrogen-bond donors (Lipinski definition) is 1. The highest BCUT2D eigenvalue weighted by Crippen LogP contribution is 2.30. The van der Waals surface area contributed by atoms with E-state index >= 15 is 0 Å². The van der Waals surface area contributed by atoms with E-state index in [2.05, 4.69) is 13.8 Å². The lowest BCUT2D eigenvalue weighted by molar-refractivity contribution is -0.149. The van der Waals surface area contributed by atoms with Gasteiger partial charge in [0.15, 0.2) is 0 Å². The second kappa shape index (κ2) is 6.21. The Bertz CT molecular complexity index is 310. The van der Waals surface area contributed by atoms with Crippen LogP contribution in [0.2, 0.25) is 0 Å². The summed E-state index contributed by atoms with van der Waals surface area (Å²) < 4.78 is 0. The van der Waals surface area contributed by atoms with Crippen molar-refractivity contribution in [2.45, 2.75) is 53.0 Å². The van der Waals surface area contributed by atoms with E-state index in [-0.39, 0.29) is 5.91 Å². The van der Waals surface area contributed by atoms with Crippen molar-refractivity contribution >= 4 is 11.9 Å². The van der Waals surface area contributed by atoms with E-state index in [0.29, 0.717) is 12.0 Å². The molecule has 0 radical (unpaired) electrons. The average Bonchev–Trinajstić information content (AvgIpc) is 3.10. The number of rotatable bonds is 7. The Morgan fingerprint density at radius 2 is 1.72 bits per heavy atom. The fourth-order valence-electron chi connectivity index (χ4n) is 1.95. The summed E-state index contributed by atoms with van der Waals surface area (Å²) in [6.45, 7) is 8.37. The largest absolute Gasteiger partial charge is 0.481 e. The molecule has 104 valence electrons. The summed E-state index contributed by atoms with van der Waals surface area (Å²) in [5.41, 5.74) is 0. The molecule has 1 aliphatic rings. The highest BCUT2D eigenvalue weighted by molar-refractivity contribution is 5.84. The fourth-order valence-corrected chi connectivity index (χ4v) is 1.95. The SMILES string of the molecule is CC(C)CCN(C(=O)C(C)C(C)C(=O)O)C1CC1. The molecule has 0 aromatic rings. The van der Waals surface area contributed by atoms with Crippen LogP contribution >= 0.6 is 0 Å². The summed E-state index contributed by atoms with van der Waals surface area (Å²) in [4.78, 5) is 25.2. The van der Waals surface area contributed by atoms with Gasteiger partial charge in [0.25, 0.3) is 0 Å². The lowest BCUT2D eigenvalue weighted by Crippen LogP contribution is -2.41. The van der Waals surface area contributed by atoms with Crippen molar-refractivity contribution < 1.29 is 14.7 Å². The minimum Gasteiger partial charge on any atom is -0.481 e. The van der Waals surface area contributed by atoms with Crippen molar-refractivity contribution in [2.75, 3.05) is 6.54 Å². The number of carboxylic acid groups (broad SMARTS) is 1. The molecule has 0 aromatic carbocycles. The van der Waals surface area contributed by atoms with E-state index in [1.165, 1.54) is 0 Å². The van der Waals surface area contributed by atoms with Gasteiger partial charge >= 0.3 is 5.97 Å². The maximum Gasteiger partial charge on any atom is 0.307 e. The summed E-state index contributed by atoms with van der Waals surface area (Å²) in [5.74, 6) is -1.37. The smallest absolute Gasteiger partial charge is 0.307 e. The van der Waals surface area contributed by atoms with E-state index in [4.69, 9.17) is 5.11 Å². The maximum atomic E-state index is 12.3. The molecule has 0 spiro atoms. The van der Waals surface area contributed by atoms with Crippen LogP contribution in [-0.4, -0.2) is 34.5 Å². The van der Waals surface area contributed by atoms with Crippen LogP contribution in [0.4, 0.5) is 0 Å². The highest BCUT2D eigenvalue weighted by atomic mass is 16.4. The van der Waals surface area contributed by atoms with E-state index in [1.54, 1.807) is 13.8 Å². The van der Waals surface area contributed by atoms with Crippen molar-refractivity contribution in [1.29, 1.82) is 0 Å². The Balaban J connectivity index is 2.61. The summed E-state index contributed by atoms with van der Waals surface area (Å²) in [6, 6.07) is 0.361. The third-order valence-electron chi connectivity index (χ3n) is 3.75. The number of carbonyl (C=O) groups is 2. The van der Waals surface area contributed by atoms with Crippen LogP contribution in [0.3, 0.4) is 0 Å². The topological polar surface area (TPSA) is 57.6 Å². The minimum atomic E-state index is -0.893. The molecule has 1 saturated carbocycles. The van der Waals surface area contributed by atoms with Gasteiger partial charge in [-0.25, -0.2) is 0 Å². The number of carboxylic acids is 1. The second-order valence-corrected chi connectivity index (χ2v) is 5.86. The van der Waals surface area contributed by atoms with Crippen molar-refractivity contribution in [1.82, 2.24) is 4.90 Å². The molecular weight excluding hydrogens is 230 g/mol. The normalized spacial score (nSPS) is 18.5. The number of amides is 1. The molecule has 18 heavy (non-hydrogen) atoms. The van der Waals surface area contributed by atoms with Crippen molar-refractivity contribution in [3.8, 4) is 0 Å². The Morgan fingerprint density at radius 1 is 1.17 bits per heavy atom. The lowest BCUT2D eigenvalue weighted by atomic mass is 9.94. The first-order valence-corrected chi connectivity index (χ1v) is 6.87. The van der Waals surface area contributed by atoms with Crippen LogP contribution in [0.5, 0.6) is 0 Å². The number of hydrogen-bond acceptors (Lipinski definition) is 2. The fraction of sp³-hybridized carbons (Fsp3) is 0.857. The molecule has 4 nitrogen and oxygen atoms in total. The van der Waals surface area contributed by atoms with Crippen LogP contribution in [0.25, 0.3) is 0 Å². The van der Waals surface area contributed by atoms with E-state index < -0.39 is 17.8 Å². The molecule has 1 aliphatic carbocycles. The molecule has 1 rings (SSSR count). The Labute approximate surface area is 109 Å².